The summed E-state index contributed by atoms with van der Waals surface area (Å²) >= 11 is 1.32. The van der Waals surface area contributed by atoms with Gasteiger partial charge in [-0.3, -0.25) is 19.4 Å². The summed E-state index contributed by atoms with van der Waals surface area (Å²) in [7, 11) is 0. The van der Waals surface area contributed by atoms with E-state index in [1.807, 2.05) is 19.3 Å². The van der Waals surface area contributed by atoms with Crippen LogP contribution in [0.4, 0.5) is 5.13 Å². The summed E-state index contributed by atoms with van der Waals surface area (Å²) in [6, 6.07) is 0. The third-order valence-corrected chi connectivity index (χ3v) is 5.65. The van der Waals surface area contributed by atoms with E-state index in [-0.39, 0.29) is 18.3 Å². The predicted molar refractivity (Wildman–Crippen MR) is 111 cm³/mol. The molecule has 1 aliphatic heterocycles. The molecule has 0 saturated carbocycles. The van der Waals surface area contributed by atoms with Crippen molar-refractivity contribution in [2.75, 3.05) is 51.2 Å². The summed E-state index contributed by atoms with van der Waals surface area (Å²) in [5.74, 6) is 0.647. The Balaban J connectivity index is 1.36. The Morgan fingerprint density at radius 3 is 2.66 bits per heavy atom. The first-order chi connectivity index (χ1) is 14.0. The number of thiazole rings is 1. The highest BCUT2D eigenvalue weighted by Crippen LogP contribution is 2.16. The molecule has 1 fully saturated rings. The van der Waals surface area contributed by atoms with Gasteiger partial charge in [-0.2, -0.15) is 0 Å². The first kappa shape index (κ1) is 21.4. The van der Waals surface area contributed by atoms with Gasteiger partial charge in [-0.05, 0) is 13.8 Å². The lowest BCUT2D eigenvalue weighted by atomic mass is 10.3. The molecule has 1 saturated heterocycles. The van der Waals surface area contributed by atoms with Crippen LogP contribution in [-0.4, -0.2) is 82.1 Å². The van der Waals surface area contributed by atoms with Crippen LogP contribution < -0.4 is 5.32 Å². The average molecular weight is 421 g/mol. The van der Waals surface area contributed by atoms with Crippen molar-refractivity contribution in [2.24, 2.45) is 0 Å². The molecular formula is C19H28N6O3S. The number of aryl methyl sites for hydroxylation is 1. The number of aromatic nitrogens is 3. The average Bonchev–Trinajstić information content (AvgIpc) is 3.30. The molecule has 0 unspecified atom stereocenters. The molecule has 0 atom stereocenters. The first-order valence-corrected chi connectivity index (χ1v) is 10.7. The summed E-state index contributed by atoms with van der Waals surface area (Å²) in [5, 5.41) is 5.12. The molecular weight excluding hydrogens is 392 g/mol. The van der Waals surface area contributed by atoms with E-state index in [9.17, 15) is 9.59 Å². The number of nitrogens with one attached hydrogen (secondary N) is 1. The standard InChI is InChI=1S/C19H28N6O3S/c1-3-28-18(27)12-16-14-29-19(21-16)22-17(26)13-24-8-6-23(7-9-24)10-11-25-5-4-20-15(25)2/h4-5,14H,3,6-13H2,1-2H3,(H,21,22,26). The van der Waals surface area contributed by atoms with Gasteiger partial charge in [0, 0.05) is 57.0 Å². The smallest absolute Gasteiger partial charge is 0.311 e. The maximum atomic E-state index is 12.3. The van der Waals surface area contributed by atoms with E-state index in [4.69, 9.17) is 4.74 Å². The molecule has 1 N–H and O–H groups in total. The zero-order chi connectivity index (χ0) is 20.6. The van der Waals surface area contributed by atoms with Crippen LogP contribution in [0.5, 0.6) is 0 Å². The minimum atomic E-state index is -0.309. The van der Waals surface area contributed by atoms with Crippen molar-refractivity contribution in [2.45, 2.75) is 26.8 Å². The molecule has 2 aromatic heterocycles. The van der Waals surface area contributed by atoms with E-state index >= 15 is 0 Å². The van der Waals surface area contributed by atoms with Crippen LogP contribution in [0.15, 0.2) is 17.8 Å². The molecule has 158 valence electrons. The van der Waals surface area contributed by atoms with Crippen molar-refractivity contribution < 1.29 is 14.3 Å². The molecule has 1 amide bonds. The van der Waals surface area contributed by atoms with Crippen LogP contribution >= 0.6 is 11.3 Å². The number of ether oxygens (including phenoxy) is 1. The number of imidazole rings is 1. The van der Waals surface area contributed by atoms with Gasteiger partial charge in [0.2, 0.25) is 5.91 Å². The number of amides is 1. The molecule has 0 bridgehead atoms. The number of anilines is 1. The van der Waals surface area contributed by atoms with Crippen LogP contribution in [0.2, 0.25) is 0 Å². The minimum absolute atomic E-state index is 0.0791. The number of hydrogen-bond donors (Lipinski definition) is 1. The fourth-order valence-electron chi connectivity index (χ4n) is 3.23. The number of hydrogen-bond acceptors (Lipinski definition) is 8. The van der Waals surface area contributed by atoms with E-state index in [0.717, 1.165) is 45.1 Å². The normalized spacial score (nSPS) is 15.4. The second-order valence-electron chi connectivity index (χ2n) is 6.96. The van der Waals surface area contributed by atoms with Crippen LogP contribution in [0.3, 0.4) is 0 Å². The van der Waals surface area contributed by atoms with Crippen LogP contribution in [-0.2, 0) is 27.3 Å². The second kappa shape index (κ2) is 10.5. The van der Waals surface area contributed by atoms with Gasteiger partial charge >= 0.3 is 5.97 Å². The first-order valence-electron chi connectivity index (χ1n) is 9.86. The molecule has 3 heterocycles. The molecule has 29 heavy (non-hydrogen) atoms. The summed E-state index contributed by atoms with van der Waals surface area (Å²) in [6.45, 7) is 10.0. The fourth-order valence-corrected chi connectivity index (χ4v) is 3.95. The predicted octanol–water partition coefficient (Wildman–Crippen LogP) is 1.01. The van der Waals surface area contributed by atoms with Gasteiger partial charge in [-0.1, -0.05) is 0 Å². The Kier molecular flexibility index (Phi) is 7.73. The number of piperazine rings is 1. The Labute approximate surface area is 174 Å². The molecule has 9 nitrogen and oxygen atoms in total. The molecule has 3 rings (SSSR count). The monoisotopic (exact) mass is 420 g/mol. The Morgan fingerprint density at radius 2 is 1.97 bits per heavy atom. The third kappa shape index (κ3) is 6.62. The van der Waals surface area contributed by atoms with Gasteiger partial charge in [0.1, 0.15) is 5.82 Å². The van der Waals surface area contributed by atoms with Crippen molar-refractivity contribution in [3.8, 4) is 0 Å². The maximum absolute atomic E-state index is 12.3. The molecule has 1 aliphatic rings. The molecule has 0 radical (unpaired) electrons. The van der Waals surface area contributed by atoms with Crippen molar-refractivity contribution in [3.05, 3.63) is 29.3 Å². The Hall–Kier alpha value is -2.30. The second-order valence-corrected chi connectivity index (χ2v) is 7.82. The highest BCUT2D eigenvalue weighted by molar-refractivity contribution is 7.13. The van der Waals surface area contributed by atoms with E-state index in [2.05, 4.69) is 29.7 Å². The van der Waals surface area contributed by atoms with E-state index in [1.54, 1.807) is 12.3 Å². The fraction of sp³-hybridized carbons (Fsp3) is 0.579. The van der Waals surface area contributed by atoms with Gasteiger partial charge in [0.15, 0.2) is 5.13 Å². The number of carbonyl (C=O) groups excluding carboxylic acids is 2. The van der Waals surface area contributed by atoms with Crippen molar-refractivity contribution in [1.82, 2.24) is 24.3 Å². The molecule has 10 heteroatoms. The summed E-state index contributed by atoms with van der Waals surface area (Å²) in [6.07, 6.45) is 3.96. The quantitative estimate of drug-likeness (QED) is 0.605. The summed E-state index contributed by atoms with van der Waals surface area (Å²) < 4.78 is 7.07. The van der Waals surface area contributed by atoms with Crippen LogP contribution in [0, 0.1) is 6.92 Å². The number of esters is 1. The van der Waals surface area contributed by atoms with E-state index in [0.29, 0.717) is 24.0 Å². The van der Waals surface area contributed by atoms with Gasteiger partial charge in [-0.15, -0.1) is 11.3 Å². The highest BCUT2D eigenvalue weighted by Gasteiger charge is 2.19. The number of nitrogens with zero attached hydrogens (tertiary/aromatic N) is 5. The maximum Gasteiger partial charge on any atom is 0.311 e. The van der Waals surface area contributed by atoms with Gasteiger partial charge in [0.25, 0.3) is 0 Å². The summed E-state index contributed by atoms with van der Waals surface area (Å²) in [4.78, 5) is 36.9. The molecule has 0 aromatic carbocycles. The largest absolute Gasteiger partial charge is 0.466 e. The lowest BCUT2D eigenvalue weighted by Crippen LogP contribution is -2.49. The van der Waals surface area contributed by atoms with Gasteiger partial charge in [-0.25, -0.2) is 9.97 Å². The van der Waals surface area contributed by atoms with E-state index in [1.165, 1.54) is 11.3 Å². The number of carbonyl (C=O) groups is 2. The lowest BCUT2D eigenvalue weighted by molar-refractivity contribution is -0.142. The molecule has 2 aromatic rings. The van der Waals surface area contributed by atoms with Crippen LogP contribution in [0.25, 0.3) is 0 Å². The molecule has 0 aliphatic carbocycles. The van der Waals surface area contributed by atoms with Gasteiger partial charge < -0.3 is 14.6 Å². The lowest BCUT2D eigenvalue weighted by Gasteiger charge is -2.34. The zero-order valence-corrected chi connectivity index (χ0v) is 17.8. The van der Waals surface area contributed by atoms with Crippen molar-refractivity contribution in [1.29, 1.82) is 0 Å². The zero-order valence-electron chi connectivity index (χ0n) is 17.0. The Bertz CT molecular complexity index is 812. The Morgan fingerprint density at radius 1 is 1.21 bits per heavy atom. The van der Waals surface area contributed by atoms with Crippen molar-refractivity contribution in [3.63, 3.8) is 0 Å². The van der Waals surface area contributed by atoms with Crippen LogP contribution in [0.1, 0.15) is 18.4 Å². The third-order valence-electron chi connectivity index (χ3n) is 4.84. The summed E-state index contributed by atoms with van der Waals surface area (Å²) in [5.41, 5.74) is 0.616. The van der Waals surface area contributed by atoms with Crippen molar-refractivity contribution >= 4 is 28.3 Å². The number of rotatable bonds is 9. The SMILES string of the molecule is CCOC(=O)Cc1csc(NC(=O)CN2CCN(CCn3ccnc3C)CC2)n1. The van der Waals surface area contributed by atoms with Gasteiger partial charge in [0.05, 0.1) is 25.3 Å². The topological polar surface area (TPSA) is 92.6 Å². The van der Waals surface area contributed by atoms with E-state index < -0.39 is 0 Å². The minimum Gasteiger partial charge on any atom is -0.466 e. The molecule has 0 spiro atoms. The highest BCUT2D eigenvalue weighted by atomic mass is 32.1.